The summed E-state index contributed by atoms with van der Waals surface area (Å²) in [7, 11) is -7.05. The van der Waals surface area contributed by atoms with Crippen molar-refractivity contribution in [2.24, 2.45) is 5.14 Å². The molecule has 1 unspecified atom stereocenters. The number of anilines is 1. The lowest BCUT2D eigenvalue weighted by Crippen LogP contribution is -2.34. The van der Waals surface area contributed by atoms with Crippen molar-refractivity contribution in [1.29, 1.82) is 0 Å². The topological polar surface area (TPSA) is 110 Å². The van der Waals surface area contributed by atoms with Gasteiger partial charge in [0, 0.05) is 22.5 Å². The molecular formula is C19H19N3O4S3. The fourth-order valence-electron chi connectivity index (χ4n) is 3.59. The van der Waals surface area contributed by atoms with E-state index in [9.17, 15) is 16.8 Å². The second-order valence-electron chi connectivity index (χ2n) is 7.06. The number of nitrogens with zero attached hydrogens (tertiary/aromatic N) is 2. The zero-order valence-electron chi connectivity index (χ0n) is 15.7. The van der Waals surface area contributed by atoms with Gasteiger partial charge in [-0.15, -0.1) is 11.3 Å². The molecule has 7 nitrogen and oxygen atoms in total. The number of nitrogens with two attached hydrogens (primary N) is 1. The number of primary sulfonamides is 1. The quantitative estimate of drug-likeness (QED) is 0.658. The highest BCUT2D eigenvalue weighted by molar-refractivity contribution is 7.92. The van der Waals surface area contributed by atoms with E-state index in [0.29, 0.717) is 6.42 Å². The molecule has 2 N–H and O–H groups in total. The second-order valence-corrected chi connectivity index (χ2v) is 11.3. The largest absolute Gasteiger partial charge is 0.267 e. The standard InChI is InChI=1S/C19H19N3O4S3/c1-12-9-15-10-14(5-8-18(15)22(12)28(2,23)24)17-11-27-19(21-17)13-3-6-16(7-4-13)29(20,25)26/h3-8,10-12H,9H2,1-2H3,(H2,20,25,26). The van der Waals surface area contributed by atoms with Crippen molar-refractivity contribution in [2.45, 2.75) is 24.3 Å². The molecule has 3 aromatic rings. The van der Waals surface area contributed by atoms with Crippen LogP contribution in [0, 0.1) is 0 Å². The average molecular weight is 450 g/mol. The van der Waals surface area contributed by atoms with Crippen LogP contribution in [-0.2, 0) is 26.5 Å². The van der Waals surface area contributed by atoms with Crippen molar-refractivity contribution in [1.82, 2.24) is 4.98 Å². The van der Waals surface area contributed by atoms with Gasteiger partial charge in [-0.05, 0) is 43.2 Å². The van der Waals surface area contributed by atoms with Crippen molar-refractivity contribution in [2.75, 3.05) is 10.6 Å². The van der Waals surface area contributed by atoms with Crippen LogP contribution in [0.25, 0.3) is 21.8 Å². The minimum absolute atomic E-state index is 0.0567. The number of sulfonamides is 2. The molecule has 0 saturated carbocycles. The van der Waals surface area contributed by atoms with Crippen LogP contribution in [0.1, 0.15) is 12.5 Å². The molecule has 1 aliphatic heterocycles. The SMILES string of the molecule is CC1Cc2cc(-c3csc(-c4ccc(S(N)(=O)=O)cc4)n3)ccc2N1S(C)(=O)=O. The smallest absolute Gasteiger partial charge is 0.238 e. The van der Waals surface area contributed by atoms with Gasteiger partial charge in [0.2, 0.25) is 20.0 Å². The van der Waals surface area contributed by atoms with E-state index in [0.717, 1.165) is 33.1 Å². The Morgan fingerprint density at radius 2 is 1.72 bits per heavy atom. The fraction of sp³-hybridized carbons (Fsp3) is 0.211. The highest BCUT2D eigenvalue weighted by atomic mass is 32.2. The summed E-state index contributed by atoms with van der Waals surface area (Å²) in [6.07, 6.45) is 1.88. The Hall–Kier alpha value is -2.27. The monoisotopic (exact) mass is 449 g/mol. The zero-order chi connectivity index (χ0) is 21.0. The molecule has 1 aliphatic rings. The van der Waals surface area contributed by atoms with Gasteiger partial charge >= 0.3 is 0 Å². The molecule has 2 heterocycles. The van der Waals surface area contributed by atoms with Crippen LogP contribution in [0.5, 0.6) is 0 Å². The lowest BCUT2D eigenvalue weighted by molar-refractivity contribution is 0.589. The molecule has 152 valence electrons. The minimum atomic E-state index is -3.73. The molecule has 0 fully saturated rings. The summed E-state index contributed by atoms with van der Waals surface area (Å²) >= 11 is 1.45. The fourth-order valence-corrected chi connectivity index (χ4v) is 6.21. The van der Waals surface area contributed by atoms with Crippen LogP contribution in [0.3, 0.4) is 0 Å². The maximum absolute atomic E-state index is 12.1. The van der Waals surface area contributed by atoms with Crippen LogP contribution in [0.4, 0.5) is 5.69 Å². The molecule has 0 bridgehead atoms. The zero-order valence-corrected chi connectivity index (χ0v) is 18.2. The predicted molar refractivity (Wildman–Crippen MR) is 115 cm³/mol. The van der Waals surface area contributed by atoms with Crippen LogP contribution in [0.15, 0.2) is 52.7 Å². The van der Waals surface area contributed by atoms with Gasteiger partial charge in [-0.25, -0.2) is 27.0 Å². The van der Waals surface area contributed by atoms with Crippen LogP contribution in [-0.4, -0.2) is 34.1 Å². The Bertz CT molecular complexity index is 1300. The van der Waals surface area contributed by atoms with Crippen molar-refractivity contribution >= 4 is 37.1 Å². The third kappa shape index (κ3) is 3.80. The number of rotatable bonds is 4. The molecule has 2 aromatic carbocycles. The van der Waals surface area contributed by atoms with E-state index in [-0.39, 0.29) is 10.9 Å². The van der Waals surface area contributed by atoms with Gasteiger partial charge in [-0.1, -0.05) is 18.2 Å². The van der Waals surface area contributed by atoms with Gasteiger partial charge in [-0.2, -0.15) is 0 Å². The lowest BCUT2D eigenvalue weighted by Gasteiger charge is -2.21. The van der Waals surface area contributed by atoms with Crippen molar-refractivity contribution in [3.05, 3.63) is 53.4 Å². The Labute approximate surface area is 173 Å². The highest BCUT2D eigenvalue weighted by Gasteiger charge is 2.32. The van der Waals surface area contributed by atoms with E-state index >= 15 is 0 Å². The summed E-state index contributed by atoms with van der Waals surface area (Å²) in [6.45, 7) is 1.90. The summed E-state index contributed by atoms with van der Waals surface area (Å²) in [5.41, 5.74) is 4.20. The van der Waals surface area contributed by atoms with Crippen molar-refractivity contribution in [3.8, 4) is 21.8 Å². The highest BCUT2D eigenvalue weighted by Crippen LogP contribution is 2.37. The molecule has 29 heavy (non-hydrogen) atoms. The Balaban J connectivity index is 1.65. The van der Waals surface area contributed by atoms with E-state index in [1.807, 2.05) is 30.5 Å². The Morgan fingerprint density at radius 1 is 1.07 bits per heavy atom. The molecule has 0 aliphatic carbocycles. The van der Waals surface area contributed by atoms with Crippen molar-refractivity contribution < 1.29 is 16.8 Å². The molecule has 0 radical (unpaired) electrons. The van der Waals surface area contributed by atoms with Crippen LogP contribution < -0.4 is 9.44 Å². The number of fused-ring (bicyclic) bond motifs is 1. The predicted octanol–water partition coefficient (Wildman–Crippen LogP) is 2.84. The number of thiazole rings is 1. The summed E-state index contributed by atoms with van der Waals surface area (Å²) in [6, 6.07) is 11.9. The third-order valence-corrected chi connectivity index (χ3v) is 7.91. The minimum Gasteiger partial charge on any atom is -0.267 e. The van der Waals surface area contributed by atoms with E-state index in [1.165, 1.54) is 34.0 Å². The summed E-state index contributed by atoms with van der Waals surface area (Å²) in [5.74, 6) is 0. The van der Waals surface area contributed by atoms with Gasteiger partial charge in [0.1, 0.15) is 5.01 Å². The molecule has 1 atom stereocenters. The van der Waals surface area contributed by atoms with Gasteiger partial charge in [0.15, 0.2) is 0 Å². The first-order valence-corrected chi connectivity index (χ1v) is 13.0. The summed E-state index contributed by atoms with van der Waals surface area (Å²) in [4.78, 5) is 4.72. The Morgan fingerprint density at radius 3 is 2.34 bits per heavy atom. The van der Waals surface area contributed by atoms with E-state index in [4.69, 9.17) is 5.14 Å². The molecule has 0 saturated heterocycles. The van der Waals surface area contributed by atoms with Gasteiger partial charge in [-0.3, -0.25) is 4.31 Å². The van der Waals surface area contributed by atoms with Crippen LogP contribution in [0.2, 0.25) is 0 Å². The molecule has 10 heteroatoms. The Kier molecular flexibility index (Phi) is 4.77. The van der Waals surface area contributed by atoms with E-state index in [1.54, 1.807) is 12.1 Å². The van der Waals surface area contributed by atoms with Gasteiger partial charge in [0.05, 0.1) is 22.5 Å². The molecular weight excluding hydrogens is 430 g/mol. The first-order chi connectivity index (χ1) is 13.5. The van der Waals surface area contributed by atoms with E-state index in [2.05, 4.69) is 4.98 Å². The summed E-state index contributed by atoms with van der Waals surface area (Å²) < 4.78 is 48.4. The number of hydrogen-bond donors (Lipinski definition) is 1. The van der Waals surface area contributed by atoms with Crippen LogP contribution >= 0.6 is 11.3 Å². The van der Waals surface area contributed by atoms with E-state index < -0.39 is 20.0 Å². The number of hydrogen-bond acceptors (Lipinski definition) is 6. The number of aromatic nitrogens is 1. The molecule has 1 aromatic heterocycles. The first-order valence-electron chi connectivity index (χ1n) is 8.75. The summed E-state index contributed by atoms with van der Waals surface area (Å²) in [5, 5.41) is 7.82. The molecule has 0 spiro atoms. The lowest BCUT2D eigenvalue weighted by atomic mass is 10.1. The van der Waals surface area contributed by atoms with Crippen molar-refractivity contribution in [3.63, 3.8) is 0 Å². The maximum atomic E-state index is 12.1. The average Bonchev–Trinajstić information content (AvgIpc) is 3.23. The molecule has 4 rings (SSSR count). The third-order valence-electron chi connectivity index (χ3n) is 4.82. The van der Waals surface area contributed by atoms with Gasteiger partial charge in [0.25, 0.3) is 0 Å². The first kappa shape index (κ1) is 20.0. The molecule has 0 amide bonds. The second kappa shape index (κ2) is 6.91. The normalized spacial score (nSPS) is 16.8. The maximum Gasteiger partial charge on any atom is 0.238 e. The van der Waals surface area contributed by atoms with Gasteiger partial charge < -0.3 is 0 Å². The number of benzene rings is 2.